The van der Waals surface area contributed by atoms with E-state index < -0.39 is 0 Å². The van der Waals surface area contributed by atoms with Crippen LogP contribution in [0.25, 0.3) is 0 Å². The molecule has 1 fully saturated rings. The lowest BCUT2D eigenvalue weighted by atomic mass is 10.1. The molecule has 0 aromatic heterocycles. The van der Waals surface area contributed by atoms with Gasteiger partial charge in [0.2, 0.25) is 0 Å². The fourth-order valence-electron chi connectivity index (χ4n) is 2.94. The van der Waals surface area contributed by atoms with E-state index in [1.165, 1.54) is 24.9 Å². The largest absolute Gasteiger partial charge is 0.372 e. The number of amides is 2. The summed E-state index contributed by atoms with van der Waals surface area (Å²) in [7, 11) is 0. The lowest BCUT2D eigenvalue weighted by molar-refractivity contribution is 0.262. The predicted octanol–water partition coefficient (Wildman–Crippen LogP) is 5.28. The Morgan fingerprint density at radius 1 is 1.00 bits per heavy atom. The number of carbonyl (C=O) groups excluding carboxylic acids is 1. The zero-order chi connectivity index (χ0) is 16.9. The van der Waals surface area contributed by atoms with E-state index >= 15 is 0 Å². The molecule has 0 unspecified atom stereocenters. The zero-order valence-electron chi connectivity index (χ0n) is 13.8. The van der Waals surface area contributed by atoms with Crippen LogP contribution in [0.15, 0.2) is 42.5 Å². The Morgan fingerprint density at radius 3 is 2.42 bits per heavy atom. The normalized spacial score (nSPS) is 14.3. The molecule has 0 radical (unpaired) electrons. The van der Waals surface area contributed by atoms with Crippen LogP contribution in [0.5, 0.6) is 0 Å². The van der Waals surface area contributed by atoms with Crippen molar-refractivity contribution in [2.45, 2.75) is 26.2 Å². The van der Waals surface area contributed by atoms with E-state index in [1.807, 2.05) is 31.2 Å². The number of anilines is 3. The van der Waals surface area contributed by atoms with E-state index in [2.05, 4.69) is 27.7 Å². The summed E-state index contributed by atoms with van der Waals surface area (Å²) in [5.41, 5.74) is 3.55. The van der Waals surface area contributed by atoms with Crippen LogP contribution < -0.4 is 15.5 Å². The molecule has 3 rings (SSSR count). The van der Waals surface area contributed by atoms with Crippen molar-refractivity contribution in [1.29, 1.82) is 0 Å². The maximum atomic E-state index is 12.2. The van der Waals surface area contributed by atoms with E-state index in [-0.39, 0.29) is 6.03 Å². The Morgan fingerprint density at radius 2 is 1.71 bits per heavy atom. The number of halogens is 1. The fourth-order valence-corrected chi connectivity index (χ4v) is 3.11. The van der Waals surface area contributed by atoms with Crippen LogP contribution in [-0.2, 0) is 0 Å². The van der Waals surface area contributed by atoms with Crippen molar-refractivity contribution in [1.82, 2.24) is 0 Å². The third-order valence-corrected chi connectivity index (χ3v) is 4.77. The molecule has 1 aliphatic rings. The van der Waals surface area contributed by atoms with Crippen molar-refractivity contribution in [3.63, 3.8) is 0 Å². The van der Waals surface area contributed by atoms with E-state index in [0.717, 1.165) is 24.3 Å². The van der Waals surface area contributed by atoms with Gasteiger partial charge in [-0.25, -0.2) is 4.79 Å². The second kappa shape index (κ2) is 7.58. The van der Waals surface area contributed by atoms with Gasteiger partial charge in [0.15, 0.2) is 0 Å². The first-order valence-corrected chi connectivity index (χ1v) is 8.69. The highest BCUT2D eigenvalue weighted by molar-refractivity contribution is 6.31. The smallest absolute Gasteiger partial charge is 0.323 e. The van der Waals surface area contributed by atoms with Gasteiger partial charge < -0.3 is 15.5 Å². The zero-order valence-corrected chi connectivity index (χ0v) is 14.6. The lowest BCUT2D eigenvalue weighted by Crippen LogP contribution is -2.29. The van der Waals surface area contributed by atoms with Crippen LogP contribution in [-0.4, -0.2) is 19.1 Å². The van der Waals surface area contributed by atoms with Crippen molar-refractivity contribution in [3.8, 4) is 0 Å². The SMILES string of the molecule is Cc1c(Cl)cccc1NC(=O)Nc1ccc(N2CCCCC2)cc1. The topological polar surface area (TPSA) is 44.4 Å². The minimum Gasteiger partial charge on any atom is -0.372 e. The molecular formula is C19H22ClN3O. The van der Waals surface area contributed by atoms with Crippen LogP contribution in [0.2, 0.25) is 5.02 Å². The summed E-state index contributed by atoms with van der Waals surface area (Å²) < 4.78 is 0. The van der Waals surface area contributed by atoms with Crippen LogP contribution in [0, 0.1) is 6.92 Å². The lowest BCUT2D eigenvalue weighted by Gasteiger charge is -2.28. The Hall–Kier alpha value is -2.20. The molecular weight excluding hydrogens is 322 g/mol. The Bertz CT molecular complexity index is 709. The molecule has 0 bridgehead atoms. The number of nitrogens with one attached hydrogen (secondary N) is 2. The second-order valence-corrected chi connectivity index (χ2v) is 6.49. The maximum Gasteiger partial charge on any atom is 0.323 e. The molecule has 2 aromatic rings. The predicted molar refractivity (Wildman–Crippen MR) is 101 cm³/mol. The van der Waals surface area contributed by atoms with Gasteiger partial charge in [-0.2, -0.15) is 0 Å². The van der Waals surface area contributed by atoms with Crippen molar-refractivity contribution in [3.05, 3.63) is 53.1 Å². The quantitative estimate of drug-likeness (QED) is 0.796. The fraction of sp³-hybridized carbons (Fsp3) is 0.316. The first kappa shape index (κ1) is 16.7. The summed E-state index contributed by atoms with van der Waals surface area (Å²) in [5.74, 6) is 0. The number of carbonyl (C=O) groups is 1. The molecule has 2 aromatic carbocycles. The van der Waals surface area contributed by atoms with Gasteiger partial charge in [0.25, 0.3) is 0 Å². The molecule has 4 nitrogen and oxygen atoms in total. The van der Waals surface area contributed by atoms with Gasteiger partial charge in [-0.1, -0.05) is 17.7 Å². The van der Waals surface area contributed by atoms with Gasteiger partial charge in [0.1, 0.15) is 0 Å². The minimum atomic E-state index is -0.272. The molecule has 0 saturated carbocycles. The molecule has 5 heteroatoms. The van der Waals surface area contributed by atoms with Crippen LogP contribution in [0.1, 0.15) is 24.8 Å². The third kappa shape index (κ3) is 4.01. The van der Waals surface area contributed by atoms with Crippen LogP contribution in [0.4, 0.5) is 21.9 Å². The van der Waals surface area contributed by atoms with Gasteiger partial charge >= 0.3 is 6.03 Å². The molecule has 24 heavy (non-hydrogen) atoms. The molecule has 1 heterocycles. The summed E-state index contributed by atoms with van der Waals surface area (Å²) in [6.07, 6.45) is 3.82. The summed E-state index contributed by atoms with van der Waals surface area (Å²) in [4.78, 5) is 14.5. The van der Waals surface area contributed by atoms with E-state index in [4.69, 9.17) is 11.6 Å². The number of urea groups is 1. The number of hydrogen-bond acceptors (Lipinski definition) is 2. The van der Waals surface area contributed by atoms with Crippen LogP contribution in [0.3, 0.4) is 0 Å². The monoisotopic (exact) mass is 343 g/mol. The second-order valence-electron chi connectivity index (χ2n) is 6.09. The highest BCUT2D eigenvalue weighted by Gasteiger charge is 2.11. The van der Waals surface area contributed by atoms with Gasteiger partial charge in [0.05, 0.1) is 0 Å². The number of piperidine rings is 1. The highest BCUT2D eigenvalue weighted by atomic mass is 35.5. The molecule has 0 aliphatic carbocycles. The number of rotatable bonds is 3. The Kier molecular flexibility index (Phi) is 5.26. The maximum absolute atomic E-state index is 12.2. The van der Waals surface area contributed by atoms with E-state index in [0.29, 0.717) is 10.7 Å². The molecule has 2 amide bonds. The molecule has 0 atom stereocenters. The molecule has 1 aliphatic heterocycles. The van der Waals surface area contributed by atoms with Gasteiger partial charge in [-0.15, -0.1) is 0 Å². The Labute approximate surface area is 147 Å². The van der Waals surface area contributed by atoms with Crippen molar-refractivity contribution >= 4 is 34.7 Å². The first-order valence-electron chi connectivity index (χ1n) is 8.31. The summed E-state index contributed by atoms with van der Waals surface area (Å²) in [6.45, 7) is 4.11. The molecule has 0 spiro atoms. The van der Waals surface area contributed by atoms with E-state index in [9.17, 15) is 4.79 Å². The summed E-state index contributed by atoms with van der Waals surface area (Å²) in [6, 6.07) is 13.2. The number of nitrogens with zero attached hydrogens (tertiary/aromatic N) is 1. The first-order chi connectivity index (χ1) is 11.6. The third-order valence-electron chi connectivity index (χ3n) is 4.36. The van der Waals surface area contributed by atoms with Gasteiger partial charge in [-0.05, 0) is 68.1 Å². The van der Waals surface area contributed by atoms with Crippen molar-refractivity contribution in [2.24, 2.45) is 0 Å². The average Bonchev–Trinajstić information content (AvgIpc) is 2.60. The Balaban J connectivity index is 1.61. The van der Waals surface area contributed by atoms with Gasteiger partial charge in [0, 0.05) is 35.2 Å². The molecule has 2 N–H and O–H groups in total. The standard InChI is InChI=1S/C19H22ClN3O/c1-14-17(20)6-5-7-18(14)22-19(24)21-15-8-10-16(11-9-15)23-12-3-2-4-13-23/h5-11H,2-4,12-13H2,1H3,(H2,21,22,24). The molecule has 126 valence electrons. The van der Waals surface area contributed by atoms with Crippen molar-refractivity contribution in [2.75, 3.05) is 28.6 Å². The number of benzene rings is 2. The summed E-state index contributed by atoms with van der Waals surface area (Å²) in [5, 5.41) is 6.33. The summed E-state index contributed by atoms with van der Waals surface area (Å²) >= 11 is 6.07. The average molecular weight is 344 g/mol. The number of hydrogen-bond donors (Lipinski definition) is 2. The van der Waals surface area contributed by atoms with Crippen molar-refractivity contribution < 1.29 is 4.79 Å². The molecule has 1 saturated heterocycles. The van der Waals surface area contributed by atoms with Gasteiger partial charge in [-0.3, -0.25) is 0 Å². The van der Waals surface area contributed by atoms with Crippen LogP contribution >= 0.6 is 11.6 Å². The van der Waals surface area contributed by atoms with E-state index in [1.54, 1.807) is 6.07 Å². The highest BCUT2D eigenvalue weighted by Crippen LogP contribution is 2.24. The minimum absolute atomic E-state index is 0.272.